The van der Waals surface area contributed by atoms with Gasteiger partial charge in [0.1, 0.15) is 5.82 Å². The number of hydrogen-bond donors (Lipinski definition) is 3. The number of amides is 1. The number of anilines is 3. The van der Waals surface area contributed by atoms with Crippen LogP contribution < -0.4 is 15.5 Å². The Balaban J connectivity index is 1.26. The Labute approximate surface area is 216 Å². The Kier molecular flexibility index (Phi) is 6.56. The lowest BCUT2D eigenvalue weighted by Crippen LogP contribution is -2.46. The summed E-state index contributed by atoms with van der Waals surface area (Å²) < 4.78 is 7.72. The van der Waals surface area contributed by atoms with Gasteiger partial charge in [-0.3, -0.25) is 9.48 Å². The van der Waals surface area contributed by atoms with Crippen LogP contribution in [0.25, 0.3) is 11.1 Å². The minimum absolute atomic E-state index is 0.0669. The van der Waals surface area contributed by atoms with Gasteiger partial charge >= 0.3 is 0 Å². The molecule has 3 N–H and O–H groups in total. The number of fused-ring (bicyclic) bond motifs is 2. The number of aliphatic hydroxyl groups excluding tert-OH is 1. The summed E-state index contributed by atoms with van der Waals surface area (Å²) in [7, 11) is 1.75. The van der Waals surface area contributed by atoms with Crippen molar-refractivity contribution in [1.29, 1.82) is 0 Å². The van der Waals surface area contributed by atoms with Crippen LogP contribution in [0.1, 0.15) is 53.7 Å². The van der Waals surface area contributed by atoms with Crippen LogP contribution in [0.5, 0.6) is 0 Å². The molecule has 0 saturated carbocycles. The molecule has 3 aliphatic heterocycles. The molecule has 0 radical (unpaired) electrons. The van der Waals surface area contributed by atoms with Gasteiger partial charge < -0.3 is 25.4 Å². The van der Waals surface area contributed by atoms with E-state index in [-0.39, 0.29) is 24.7 Å². The van der Waals surface area contributed by atoms with E-state index < -0.39 is 0 Å². The number of carbonyl (C=O) groups excluding carboxylic acids is 1. The quantitative estimate of drug-likeness (QED) is 0.453. The molecule has 3 aromatic rings. The Morgan fingerprint density at radius 1 is 1.16 bits per heavy atom. The Morgan fingerprint density at radius 3 is 2.89 bits per heavy atom. The molecule has 0 aliphatic carbocycles. The second-order valence-corrected chi connectivity index (χ2v) is 10.2. The van der Waals surface area contributed by atoms with Crippen molar-refractivity contribution in [1.82, 2.24) is 20.1 Å². The Bertz CT molecular complexity index is 1290. The van der Waals surface area contributed by atoms with E-state index in [0.717, 1.165) is 73.3 Å². The van der Waals surface area contributed by atoms with Gasteiger partial charge in [0.2, 0.25) is 0 Å². The first-order valence-electron chi connectivity index (χ1n) is 13.3. The molecule has 1 amide bonds. The molecule has 194 valence electrons. The normalized spacial score (nSPS) is 20.9. The van der Waals surface area contributed by atoms with E-state index in [0.29, 0.717) is 17.9 Å². The number of nitrogens with one attached hydrogen (secondary N) is 2. The highest BCUT2D eigenvalue weighted by Gasteiger charge is 2.30. The van der Waals surface area contributed by atoms with Crippen LogP contribution in [0.15, 0.2) is 36.7 Å². The number of ether oxygens (including phenoxy) is 1. The van der Waals surface area contributed by atoms with Gasteiger partial charge in [-0.05, 0) is 67.9 Å². The van der Waals surface area contributed by atoms with Gasteiger partial charge in [-0.15, -0.1) is 0 Å². The van der Waals surface area contributed by atoms with Gasteiger partial charge in [0.25, 0.3) is 5.91 Å². The number of piperidine rings is 1. The first-order chi connectivity index (χ1) is 18.2. The van der Waals surface area contributed by atoms with Gasteiger partial charge in [-0.2, -0.15) is 5.10 Å². The highest BCUT2D eigenvalue weighted by Crippen LogP contribution is 2.37. The molecule has 3 aliphatic rings. The maximum atomic E-state index is 12.9. The van der Waals surface area contributed by atoms with Gasteiger partial charge in [-0.1, -0.05) is 6.07 Å². The lowest BCUT2D eigenvalue weighted by molar-refractivity contribution is 0.0787. The van der Waals surface area contributed by atoms with E-state index in [2.05, 4.69) is 36.4 Å². The van der Waals surface area contributed by atoms with Crippen LogP contribution >= 0.6 is 0 Å². The number of aryl methyl sites for hydroxylation is 1. The molecule has 1 fully saturated rings. The molecule has 2 atom stereocenters. The van der Waals surface area contributed by atoms with Crippen LogP contribution in [-0.2, 0) is 24.2 Å². The summed E-state index contributed by atoms with van der Waals surface area (Å²) in [6.07, 6.45) is 10.0. The molecule has 0 unspecified atom stereocenters. The van der Waals surface area contributed by atoms with E-state index in [1.807, 2.05) is 30.6 Å². The van der Waals surface area contributed by atoms with Crippen LogP contribution in [0.2, 0.25) is 0 Å². The molecule has 9 nitrogen and oxygen atoms in total. The number of aromatic nitrogens is 3. The molecule has 1 saturated heterocycles. The second-order valence-electron chi connectivity index (χ2n) is 10.2. The molecule has 9 heteroatoms. The predicted molar refractivity (Wildman–Crippen MR) is 142 cm³/mol. The van der Waals surface area contributed by atoms with Crippen LogP contribution in [0.3, 0.4) is 0 Å². The lowest BCUT2D eigenvalue weighted by atomic mass is 9.94. The molecule has 1 aromatic carbocycles. The number of hydrogen-bond acceptors (Lipinski definition) is 7. The molecule has 5 heterocycles. The van der Waals surface area contributed by atoms with Crippen molar-refractivity contribution in [3.8, 4) is 11.1 Å². The molecule has 6 rings (SSSR count). The standard InChI is InChI=1S/C28H34N6O3/c1-37-20-7-5-18(11-13-35)33(17-20)19-6-10-26(29-14-19)32-24-9-8-21(23-15-30-28(36)27(23)24)22-16-31-34-12-3-2-4-25(22)34/h6,8-10,14,16,18,20,35H,2-5,7,11-13,15,17H2,1H3,(H,29,32)(H,30,36)/t18-,20+/m1/s1. The molecular weight excluding hydrogens is 468 g/mol. The fourth-order valence-corrected chi connectivity index (χ4v) is 6.07. The maximum absolute atomic E-state index is 12.9. The van der Waals surface area contributed by atoms with E-state index in [9.17, 15) is 9.90 Å². The van der Waals surface area contributed by atoms with E-state index in [1.54, 1.807) is 7.11 Å². The molecule has 37 heavy (non-hydrogen) atoms. The lowest BCUT2D eigenvalue weighted by Gasteiger charge is -2.40. The summed E-state index contributed by atoms with van der Waals surface area (Å²) in [6, 6.07) is 8.34. The first kappa shape index (κ1) is 23.9. The Hall–Kier alpha value is -3.43. The van der Waals surface area contributed by atoms with Gasteiger partial charge in [0.05, 0.1) is 35.4 Å². The Morgan fingerprint density at radius 2 is 2.08 bits per heavy atom. The van der Waals surface area contributed by atoms with Gasteiger partial charge in [0, 0.05) is 50.7 Å². The predicted octanol–water partition coefficient (Wildman–Crippen LogP) is 3.63. The summed E-state index contributed by atoms with van der Waals surface area (Å²) in [4.78, 5) is 19.8. The number of nitrogens with zero attached hydrogens (tertiary/aromatic N) is 4. The summed E-state index contributed by atoms with van der Waals surface area (Å²) in [5.74, 6) is 0.614. The van der Waals surface area contributed by atoms with Crippen LogP contribution in [0, 0.1) is 0 Å². The average Bonchev–Trinajstić information content (AvgIpc) is 3.54. The minimum atomic E-state index is -0.0669. The van der Waals surface area contributed by atoms with Crippen molar-refractivity contribution in [2.45, 2.75) is 63.8 Å². The number of benzene rings is 1. The zero-order valence-corrected chi connectivity index (χ0v) is 21.2. The average molecular weight is 503 g/mol. The molecule has 0 spiro atoms. The maximum Gasteiger partial charge on any atom is 0.254 e. The minimum Gasteiger partial charge on any atom is -0.396 e. The zero-order valence-electron chi connectivity index (χ0n) is 21.2. The van der Waals surface area contributed by atoms with Crippen molar-refractivity contribution < 1.29 is 14.6 Å². The monoisotopic (exact) mass is 502 g/mol. The zero-order chi connectivity index (χ0) is 25.4. The van der Waals surface area contributed by atoms with Crippen LogP contribution in [-0.4, -0.2) is 58.2 Å². The van der Waals surface area contributed by atoms with Gasteiger partial charge in [-0.25, -0.2) is 4.98 Å². The number of pyridine rings is 1. The van der Waals surface area contributed by atoms with Crippen molar-refractivity contribution in [3.05, 3.63) is 53.5 Å². The summed E-state index contributed by atoms with van der Waals surface area (Å²) in [5, 5.41) is 20.5. The molecule has 0 bridgehead atoms. The van der Waals surface area contributed by atoms with Crippen molar-refractivity contribution in [2.24, 2.45) is 0 Å². The number of aliphatic hydroxyl groups is 1. The summed E-state index contributed by atoms with van der Waals surface area (Å²) in [5.41, 5.74) is 6.94. The van der Waals surface area contributed by atoms with Crippen molar-refractivity contribution in [3.63, 3.8) is 0 Å². The number of rotatable bonds is 7. The third kappa shape index (κ3) is 4.46. The fraction of sp³-hybridized carbons (Fsp3) is 0.464. The SMILES string of the molecule is CO[C@H]1CC[C@H](CCO)N(c2ccc(Nc3ccc(-c4cnn5c4CCCC5)c4c3C(=O)NC4)nc2)C1. The first-order valence-corrected chi connectivity index (χ1v) is 13.3. The van der Waals surface area contributed by atoms with Crippen molar-refractivity contribution >= 4 is 23.1 Å². The number of methoxy groups -OCH3 is 1. The fourth-order valence-electron chi connectivity index (χ4n) is 6.07. The summed E-state index contributed by atoms with van der Waals surface area (Å²) >= 11 is 0. The van der Waals surface area contributed by atoms with E-state index in [4.69, 9.17) is 4.74 Å². The van der Waals surface area contributed by atoms with Crippen molar-refractivity contribution in [2.75, 3.05) is 30.5 Å². The number of carbonyl (C=O) groups is 1. The second kappa shape index (κ2) is 10.1. The third-order valence-electron chi connectivity index (χ3n) is 8.04. The smallest absolute Gasteiger partial charge is 0.254 e. The topological polar surface area (TPSA) is 105 Å². The van der Waals surface area contributed by atoms with Crippen LogP contribution in [0.4, 0.5) is 17.2 Å². The van der Waals surface area contributed by atoms with E-state index in [1.165, 1.54) is 12.1 Å². The molecular formula is C28H34N6O3. The highest BCUT2D eigenvalue weighted by molar-refractivity contribution is 6.06. The molecule has 2 aromatic heterocycles. The van der Waals surface area contributed by atoms with Gasteiger partial charge in [0.15, 0.2) is 0 Å². The summed E-state index contributed by atoms with van der Waals surface area (Å²) in [6.45, 7) is 2.42. The third-order valence-corrected chi connectivity index (χ3v) is 8.04. The largest absolute Gasteiger partial charge is 0.396 e. The highest BCUT2D eigenvalue weighted by atomic mass is 16.5. The van der Waals surface area contributed by atoms with E-state index >= 15 is 0 Å².